The van der Waals surface area contributed by atoms with Crippen molar-refractivity contribution in [2.75, 3.05) is 54.1 Å². The van der Waals surface area contributed by atoms with Gasteiger partial charge in [0.1, 0.15) is 19.3 Å². The lowest BCUT2D eigenvalue weighted by molar-refractivity contribution is -0.870. The molecule has 0 aliphatic rings. The summed E-state index contributed by atoms with van der Waals surface area (Å²) in [5.74, 6) is -0.346. The average Bonchev–Trinajstić information content (AvgIpc) is 3.09. The van der Waals surface area contributed by atoms with E-state index in [9.17, 15) is 14.3 Å². The zero-order valence-corrected chi connectivity index (χ0v) is 34.4. The van der Waals surface area contributed by atoms with E-state index in [-0.39, 0.29) is 25.8 Å². The highest BCUT2D eigenvalue weighted by molar-refractivity contribution is 7.47. The normalized spacial score (nSPS) is 14.8. The molecule has 2 unspecified atom stereocenters. The number of esters is 1. The van der Waals surface area contributed by atoms with Crippen LogP contribution in [0.15, 0.2) is 85.1 Å². The van der Waals surface area contributed by atoms with Crippen molar-refractivity contribution in [3.63, 3.8) is 0 Å². The van der Waals surface area contributed by atoms with Crippen molar-refractivity contribution in [2.45, 2.75) is 129 Å². The molecule has 1 N–H and O–H groups in total. The minimum absolute atomic E-state index is 0.0783. The first-order valence-electron chi connectivity index (χ1n) is 19.8. The zero-order chi connectivity index (χ0) is 38.4. The number of phosphoric ester groups is 1. The van der Waals surface area contributed by atoms with Gasteiger partial charge in [0.25, 0.3) is 0 Å². The van der Waals surface area contributed by atoms with Crippen molar-refractivity contribution in [2.24, 2.45) is 0 Å². The van der Waals surface area contributed by atoms with Crippen LogP contribution in [-0.4, -0.2) is 75.6 Å². The fraction of sp³-hybridized carbons (Fsp3) is 0.651. The van der Waals surface area contributed by atoms with Gasteiger partial charge in [-0.3, -0.25) is 13.8 Å². The Kier molecular flexibility index (Phi) is 34.1. The first-order chi connectivity index (χ1) is 25.1. The Labute approximate surface area is 318 Å². The average molecular weight is 749 g/mol. The third-order valence-corrected chi connectivity index (χ3v) is 8.71. The van der Waals surface area contributed by atoms with Gasteiger partial charge in [-0.25, -0.2) is 4.57 Å². The number of hydrogen-bond donors (Lipinski definition) is 1. The topological polar surface area (TPSA) is 91.3 Å². The van der Waals surface area contributed by atoms with Gasteiger partial charge in [0, 0.05) is 13.0 Å². The molecule has 0 aromatic carbocycles. The van der Waals surface area contributed by atoms with Crippen molar-refractivity contribution in [3.05, 3.63) is 85.1 Å². The number of rotatable bonds is 35. The SMILES string of the molecule is CC/C=C\C/C=C\C/C=C\C/C=C\C/C=C\C/C=C\C/C=C\CCCCCCOCC(COP(=O)(O)OCC[N+](C)(C)C)OC(=O)CCCCCC. The molecule has 0 heterocycles. The van der Waals surface area contributed by atoms with E-state index in [0.29, 0.717) is 24.1 Å². The highest BCUT2D eigenvalue weighted by Crippen LogP contribution is 2.43. The third-order valence-electron chi connectivity index (χ3n) is 7.72. The molecule has 0 aliphatic carbocycles. The molecule has 0 amide bonds. The van der Waals surface area contributed by atoms with Gasteiger partial charge < -0.3 is 18.9 Å². The van der Waals surface area contributed by atoms with E-state index in [0.717, 1.165) is 103 Å². The highest BCUT2D eigenvalue weighted by atomic mass is 31.2. The molecule has 0 rings (SSSR count). The Bertz CT molecular complexity index is 1100. The molecule has 0 aliphatic heterocycles. The number of ether oxygens (including phenoxy) is 2. The van der Waals surface area contributed by atoms with Crippen molar-refractivity contribution >= 4 is 13.8 Å². The summed E-state index contributed by atoms with van der Waals surface area (Å²) in [6, 6.07) is 0. The number of hydrogen-bond acceptors (Lipinski definition) is 6. The lowest BCUT2D eigenvalue weighted by atomic mass is 10.1. The third kappa shape index (κ3) is 38.9. The lowest BCUT2D eigenvalue weighted by Gasteiger charge is -2.24. The summed E-state index contributed by atoms with van der Waals surface area (Å²) in [6.07, 6.45) is 46.8. The van der Waals surface area contributed by atoms with Gasteiger partial charge in [-0.05, 0) is 70.6 Å². The Balaban J connectivity index is 4.08. The molecular weight excluding hydrogens is 673 g/mol. The van der Waals surface area contributed by atoms with Crippen LogP contribution in [0.25, 0.3) is 0 Å². The second-order valence-corrected chi connectivity index (χ2v) is 15.4. The number of unbranched alkanes of at least 4 members (excludes halogenated alkanes) is 7. The van der Waals surface area contributed by atoms with Crippen molar-refractivity contribution in [3.8, 4) is 0 Å². The Morgan fingerprint density at radius 3 is 1.63 bits per heavy atom. The van der Waals surface area contributed by atoms with Crippen LogP contribution >= 0.6 is 7.82 Å². The number of likely N-dealkylation sites (N-methyl/N-ethyl adjacent to an activating group) is 1. The summed E-state index contributed by atoms with van der Waals surface area (Å²) < 4.78 is 34.5. The minimum Gasteiger partial charge on any atom is -0.457 e. The van der Waals surface area contributed by atoms with E-state index in [1.165, 1.54) is 0 Å². The summed E-state index contributed by atoms with van der Waals surface area (Å²) >= 11 is 0. The summed E-state index contributed by atoms with van der Waals surface area (Å²) in [5, 5.41) is 0. The first-order valence-corrected chi connectivity index (χ1v) is 21.3. The monoisotopic (exact) mass is 749 g/mol. The summed E-state index contributed by atoms with van der Waals surface area (Å²) in [7, 11) is 1.63. The Morgan fingerprint density at radius 2 is 1.12 bits per heavy atom. The van der Waals surface area contributed by atoms with Gasteiger partial charge in [0.05, 0.1) is 34.4 Å². The van der Waals surface area contributed by atoms with Gasteiger partial charge in [0.15, 0.2) is 0 Å². The molecule has 0 radical (unpaired) electrons. The summed E-state index contributed by atoms with van der Waals surface area (Å²) in [5.41, 5.74) is 0. The van der Waals surface area contributed by atoms with Crippen molar-refractivity contribution in [1.29, 1.82) is 0 Å². The maximum atomic E-state index is 12.4. The molecule has 0 aromatic rings. The summed E-state index contributed by atoms with van der Waals surface area (Å²) in [6.45, 7) is 5.28. The van der Waals surface area contributed by atoms with Crippen LogP contribution < -0.4 is 0 Å². The van der Waals surface area contributed by atoms with Crippen LogP contribution in [0, 0.1) is 0 Å². The summed E-state index contributed by atoms with van der Waals surface area (Å²) in [4.78, 5) is 22.4. The molecule has 298 valence electrons. The molecule has 2 atom stereocenters. The molecule has 0 spiro atoms. The van der Waals surface area contributed by atoms with Crippen LogP contribution in [0.1, 0.15) is 123 Å². The Hall–Kier alpha value is -2.32. The van der Waals surface area contributed by atoms with E-state index in [4.69, 9.17) is 18.5 Å². The first kappa shape index (κ1) is 49.7. The maximum Gasteiger partial charge on any atom is 0.472 e. The van der Waals surface area contributed by atoms with Crippen LogP contribution in [0.3, 0.4) is 0 Å². The molecule has 52 heavy (non-hydrogen) atoms. The van der Waals surface area contributed by atoms with E-state index >= 15 is 0 Å². The molecule has 0 saturated heterocycles. The van der Waals surface area contributed by atoms with Crippen LogP contribution in [0.5, 0.6) is 0 Å². The van der Waals surface area contributed by atoms with Gasteiger partial charge in [0.2, 0.25) is 0 Å². The lowest BCUT2D eigenvalue weighted by Crippen LogP contribution is -2.37. The van der Waals surface area contributed by atoms with Crippen LogP contribution in [-0.2, 0) is 27.9 Å². The van der Waals surface area contributed by atoms with Gasteiger partial charge >= 0.3 is 13.8 Å². The predicted molar refractivity (Wildman–Crippen MR) is 219 cm³/mol. The quantitative estimate of drug-likeness (QED) is 0.0227. The minimum atomic E-state index is -4.27. The predicted octanol–water partition coefficient (Wildman–Crippen LogP) is 11.3. The second kappa shape index (κ2) is 35.7. The van der Waals surface area contributed by atoms with E-state index in [1.54, 1.807) is 0 Å². The molecule has 8 nitrogen and oxygen atoms in total. The number of phosphoric acid groups is 1. The molecule has 0 bridgehead atoms. The fourth-order valence-corrected chi connectivity index (χ4v) is 5.39. The van der Waals surface area contributed by atoms with Gasteiger partial charge in [-0.2, -0.15) is 0 Å². The van der Waals surface area contributed by atoms with E-state index in [2.05, 4.69) is 98.9 Å². The van der Waals surface area contributed by atoms with Crippen molar-refractivity contribution in [1.82, 2.24) is 0 Å². The highest BCUT2D eigenvalue weighted by Gasteiger charge is 2.26. The standard InChI is InChI=1S/C43H74NO7P/c1-6-8-10-12-13-14-15-16-17-18-19-20-21-22-23-24-25-26-27-28-29-30-31-32-33-35-38-48-40-42(51-43(45)36-34-11-9-7-2)41-50-52(46,47)49-39-37-44(3,4)5/h8,10,13-14,16-17,19-20,22-23,25-26,28-29,42H,6-7,9,11-12,15,18,21,24,27,30-41H2,1-5H3/p+1/b10-8-,14-13-,17-16-,20-19-,23-22-,26-25-,29-28-. The second-order valence-electron chi connectivity index (χ2n) is 13.9. The molecule has 9 heteroatoms. The molecule has 0 fully saturated rings. The fourth-order valence-electron chi connectivity index (χ4n) is 4.65. The molecule has 0 aromatic heterocycles. The number of nitrogens with zero attached hydrogens (tertiary/aromatic N) is 1. The van der Waals surface area contributed by atoms with Gasteiger partial charge in [-0.1, -0.05) is 131 Å². The van der Waals surface area contributed by atoms with Crippen molar-refractivity contribution < 1.29 is 37.3 Å². The number of carbonyl (C=O) groups is 1. The van der Waals surface area contributed by atoms with Crippen LogP contribution in [0.4, 0.5) is 0 Å². The number of carbonyl (C=O) groups excluding carboxylic acids is 1. The van der Waals surface area contributed by atoms with Crippen LogP contribution in [0.2, 0.25) is 0 Å². The van der Waals surface area contributed by atoms with E-state index < -0.39 is 13.9 Å². The number of quaternary nitrogens is 1. The molecular formula is C43H75NO7P+. The van der Waals surface area contributed by atoms with Gasteiger partial charge in [-0.15, -0.1) is 0 Å². The largest absolute Gasteiger partial charge is 0.472 e. The maximum absolute atomic E-state index is 12.4. The smallest absolute Gasteiger partial charge is 0.457 e. The number of allylic oxidation sites excluding steroid dienone is 14. The zero-order valence-electron chi connectivity index (χ0n) is 33.5. The molecule has 0 saturated carbocycles. The Morgan fingerprint density at radius 1 is 0.615 bits per heavy atom. The van der Waals surface area contributed by atoms with E-state index in [1.807, 2.05) is 21.1 Å².